The van der Waals surface area contributed by atoms with Crippen LogP contribution in [0.3, 0.4) is 0 Å². The van der Waals surface area contributed by atoms with Crippen molar-refractivity contribution in [2.45, 2.75) is 19.4 Å². The molecule has 0 aliphatic carbocycles. The molecule has 0 amide bonds. The summed E-state index contributed by atoms with van der Waals surface area (Å²) in [5.41, 5.74) is 2.89. The van der Waals surface area contributed by atoms with Gasteiger partial charge < -0.3 is 10.0 Å². The molecular weight excluding hydrogens is 358 g/mol. The van der Waals surface area contributed by atoms with Gasteiger partial charge in [0.25, 0.3) is 0 Å². The predicted octanol–water partition coefficient (Wildman–Crippen LogP) is 3.09. The lowest BCUT2D eigenvalue weighted by molar-refractivity contribution is 0.173. The van der Waals surface area contributed by atoms with Crippen molar-refractivity contribution >= 4 is 11.6 Å². The molecule has 2 atom stereocenters. The third-order valence-corrected chi connectivity index (χ3v) is 6.66. The number of likely N-dealkylation sites (tertiary alicyclic amines) is 2. The number of nitrogens with zero attached hydrogens (tertiary/aromatic N) is 3. The molecule has 2 aromatic rings. The molecule has 0 bridgehead atoms. The predicted molar refractivity (Wildman–Crippen MR) is 109 cm³/mol. The summed E-state index contributed by atoms with van der Waals surface area (Å²) in [5.74, 6) is 0.661. The third kappa shape index (κ3) is 4.19. The molecule has 4 nitrogen and oxygen atoms in total. The number of benzene rings is 1. The monoisotopic (exact) mass is 385 g/mol. The molecule has 0 saturated carbocycles. The van der Waals surface area contributed by atoms with Crippen molar-refractivity contribution in [2.75, 3.05) is 39.3 Å². The van der Waals surface area contributed by atoms with Crippen molar-refractivity contribution in [1.29, 1.82) is 0 Å². The Hall–Kier alpha value is -1.46. The van der Waals surface area contributed by atoms with Gasteiger partial charge in [-0.05, 0) is 36.0 Å². The quantitative estimate of drug-likeness (QED) is 0.795. The summed E-state index contributed by atoms with van der Waals surface area (Å²) in [5, 5.41) is 10.1. The minimum absolute atomic E-state index is 0.248. The fourth-order valence-corrected chi connectivity index (χ4v) is 5.18. The van der Waals surface area contributed by atoms with Gasteiger partial charge in [0, 0.05) is 57.1 Å². The maximum absolute atomic E-state index is 9.39. The highest BCUT2D eigenvalue weighted by Crippen LogP contribution is 2.46. The van der Waals surface area contributed by atoms with Crippen LogP contribution in [-0.4, -0.2) is 59.2 Å². The van der Waals surface area contributed by atoms with E-state index in [0.717, 1.165) is 56.3 Å². The Morgan fingerprint density at radius 3 is 2.67 bits per heavy atom. The fourth-order valence-electron chi connectivity index (χ4n) is 5.00. The lowest BCUT2D eigenvalue weighted by Gasteiger charge is -2.30. The van der Waals surface area contributed by atoms with E-state index in [9.17, 15) is 5.11 Å². The molecule has 3 heterocycles. The molecule has 2 saturated heterocycles. The van der Waals surface area contributed by atoms with E-state index in [4.69, 9.17) is 11.6 Å². The van der Waals surface area contributed by atoms with E-state index in [0.29, 0.717) is 11.3 Å². The van der Waals surface area contributed by atoms with Crippen molar-refractivity contribution in [3.05, 3.63) is 64.9 Å². The van der Waals surface area contributed by atoms with Crippen LogP contribution in [0.1, 0.15) is 17.5 Å². The number of β-amino-alcohol motifs (C(OH)–C–C–N with tert-alkyl or cyclic N) is 1. The van der Waals surface area contributed by atoms with Gasteiger partial charge in [-0.25, -0.2) is 0 Å². The van der Waals surface area contributed by atoms with Crippen molar-refractivity contribution in [1.82, 2.24) is 14.8 Å². The van der Waals surface area contributed by atoms with Gasteiger partial charge in [0.15, 0.2) is 0 Å². The summed E-state index contributed by atoms with van der Waals surface area (Å²) >= 11 is 6.34. The highest BCUT2D eigenvalue weighted by Gasteiger charge is 2.51. The number of pyridine rings is 1. The van der Waals surface area contributed by atoms with Crippen LogP contribution in [0.25, 0.3) is 0 Å². The van der Waals surface area contributed by atoms with E-state index < -0.39 is 0 Å². The van der Waals surface area contributed by atoms with E-state index >= 15 is 0 Å². The number of aliphatic hydroxyl groups is 1. The van der Waals surface area contributed by atoms with Gasteiger partial charge in [-0.1, -0.05) is 41.9 Å². The second kappa shape index (κ2) is 8.27. The Morgan fingerprint density at radius 1 is 1.11 bits per heavy atom. The molecule has 144 valence electrons. The number of fused-ring (bicyclic) bond motifs is 1. The minimum atomic E-state index is 0.248. The second-order valence-corrected chi connectivity index (χ2v) is 8.55. The number of aryl methyl sites for hydroxylation is 1. The molecule has 0 radical (unpaired) electrons. The maximum Gasteiger partial charge on any atom is 0.0634 e. The second-order valence-electron chi connectivity index (χ2n) is 8.14. The molecule has 1 aromatic carbocycles. The molecule has 27 heavy (non-hydrogen) atoms. The van der Waals surface area contributed by atoms with Gasteiger partial charge in [-0.2, -0.15) is 0 Å². The fraction of sp³-hybridized carbons (Fsp3) is 0.500. The van der Waals surface area contributed by atoms with E-state index in [1.165, 1.54) is 12.0 Å². The van der Waals surface area contributed by atoms with Crippen molar-refractivity contribution in [3.63, 3.8) is 0 Å². The van der Waals surface area contributed by atoms with Crippen molar-refractivity contribution < 1.29 is 5.11 Å². The first-order chi connectivity index (χ1) is 13.2. The van der Waals surface area contributed by atoms with E-state index in [1.807, 2.05) is 12.3 Å². The van der Waals surface area contributed by atoms with Crippen LogP contribution in [-0.2, 0) is 13.0 Å². The number of aromatic nitrogens is 1. The van der Waals surface area contributed by atoms with Gasteiger partial charge in [0.2, 0.25) is 0 Å². The molecule has 2 fully saturated rings. The molecule has 1 N–H and O–H groups in total. The number of rotatable bonds is 7. The standard InChI is InChI=1S/C22H28ClN3O/c23-21-12-24-9-7-19(21)13-26-15-20-14-25(10-11-27)16-22(20,17-26)8-6-18-4-2-1-3-5-18/h1-5,7,9,12,20,27H,6,8,10-11,13-17H2. The summed E-state index contributed by atoms with van der Waals surface area (Å²) < 4.78 is 0. The highest BCUT2D eigenvalue weighted by molar-refractivity contribution is 6.31. The zero-order valence-electron chi connectivity index (χ0n) is 15.7. The van der Waals surface area contributed by atoms with Crippen LogP contribution >= 0.6 is 11.6 Å². The van der Waals surface area contributed by atoms with E-state index in [2.05, 4.69) is 45.1 Å². The third-order valence-electron chi connectivity index (χ3n) is 6.32. The number of hydrogen-bond acceptors (Lipinski definition) is 4. The lowest BCUT2D eigenvalue weighted by atomic mass is 9.76. The first-order valence-corrected chi connectivity index (χ1v) is 10.2. The average molecular weight is 386 g/mol. The molecular formula is C22H28ClN3O. The van der Waals surface area contributed by atoms with Crippen LogP contribution in [0.15, 0.2) is 48.8 Å². The van der Waals surface area contributed by atoms with Crippen molar-refractivity contribution in [2.24, 2.45) is 11.3 Å². The normalized spacial score (nSPS) is 25.8. The Kier molecular flexibility index (Phi) is 5.79. The SMILES string of the molecule is OCCN1CC2CN(Cc3ccncc3Cl)CC2(CCc2ccccc2)C1. The zero-order chi connectivity index (χ0) is 18.7. The Balaban J connectivity index is 1.47. The maximum atomic E-state index is 9.39. The lowest BCUT2D eigenvalue weighted by Crippen LogP contribution is -2.35. The molecule has 4 rings (SSSR count). The Labute approximate surface area is 166 Å². The first-order valence-electron chi connectivity index (χ1n) is 9.86. The highest BCUT2D eigenvalue weighted by atomic mass is 35.5. The minimum Gasteiger partial charge on any atom is -0.395 e. The van der Waals surface area contributed by atoms with E-state index in [1.54, 1.807) is 6.20 Å². The van der Waals surface area contributed by atoms with Crippen LogP contribution in [0.2, 0.25) is 5.02 Å². The van der Waals surface area contributed by atoms with Gasteiger partial charge >= 0.3 is 0 Å². The molecule has 2 unspecified atom stereocenters. The number of hydrogen-bond donors (Lipinski definition) is 1. The molecule has 1 aromatic heterocycles. The number of halogens is 1. The van der Waals surface area contributed by atoms with E-state index in [-0.39, 0.29) is 6.61 Å². The Bertz CT molecular complexity index is 756. The van der Waals surface area contributed by atoms with Crippen LogP contribution in [0.4, 0.5) is 0 Å². The van der Waals surface area contributed by atoms with Crippen molar-refractivity contribution in [3.8, 4) is 0 Å². The largest absolute Gasteiger partial charge is 0.395 e. The molecule has 5 heteroatoms. The summed E-state index contributed by atoms with van der Waals surface area (Å²) in [4.78, 5) is 9.12. The Morgan fingerprint density at radius 2 is 1.89 bits per heavy atom. The van der Waals surface area contributed by atoms with Crippen LogP contribution < -0.4 is 0 Å². The van der Waals surface area contributed by atoms with Gasteiger partial charge in [0.1, 0.15) is 0 Å². The van der Waals surface area contributed by atoms with Gasteiger partial charge in [-0.15, -0.1) is 0 Å². The molecule has 0 spiro atoms. The summed E-state index contributed by atoms with van der Waals surface area (Å²) in [6.07, 6.45) is 5.88. The van der Waals surface area contributed by atoms with Crippen LogP contribution in [0, 0.1) is 11.3 Å². The summed E-state index contributed by atoms with van der Waals surface area (Å²) in [6, 6.07) is 12.8. The van der Waals surface area contributed by atoms with Crippen LogP contribution in [0.5, 0.6) is 0 Å². The van der Waals surface area contributed by atoms with Gasteiger partial charge in [0.05, 0.1) is 11.6 Å². The topological polar surface area (TPSA) is 39.6 Å². The molecule has 2 aliphatic rings. The molecule has 2 aliphatic heterocycles. The average Bonchev–Trinajstić information content (AvgIpc) is 3.16. The number of aliphatic hydroxyl groups excluding tert-OH is 1. The van der Waals surface area contributed by atoms with Gasteiger partial charge in [-0.3, -0.25) is 9.88 Å². The smallest absolute Gasteiger partial charge is 0.0634 e. The summed E-state index contributed by atoms with van der Waals surface area (Å²) in [6.45, 7) is 6.32. The zero-order valence-corrected chi connectivity index (χ0v) is 16.5. The first kappa shape index (κ1) is 18.9. The summed E-state index contributed by atoms with van der Waals surface area (Å²) in [7, 11) is 0.